The zero-order chi connectivity index (χ0) is 13.8. The highest BCUT2D eigenvalue weighted by Crippen LogP contribution is 2.33. The lowest BCUT2D eigenvalue weighted by molar-refractivity contribution is -0.0158. The van der Waals surface area contributed by atoms with E-state index in [1.54, 1.807) is 0 Å². The van der Waals surface area contributed by atoms with E-state index in [-0.39, 0.29) is 6.10 Å². The van der Waals surface area contributed by atoms with Gasteiger partial charge in [-0.1, -0.05) is 13.8 Å². The normalized spacial score (nSPS) is 36.9. The molecule has 19 heavy (non-hydrogen) atoms. The molecule has 4 unspecified atom stereocenters. The van der Waals surface area contributed by atoms with E-state index in [0.717, 1.165) is 44.4 Å². The zero-order valence-corrected chi connectivity index (χ0v) is 12.8. The lowest BCUT2D eigenvalue weighted by Gasteiger charge is -2.41. The van der Waals surface area contributed by atoms with Gasteiger partial charge in [0.05, 0.1) is 12.7 Å². The maximum Gasteiger partial charge on any atom is 0.0695 e. The van der Waals surface area contributed by atoms with E-state index in [0.29, 0.717) is 12.0 Å². The number of aliphatic hydroxyl groups excluding tert-OH is 1. The van der Waals surface area contributed by atoms with Crippen LogP contribution in [0.15, 0.2) is 0 Å². The van der Waals surface area contributed by atoms with Gasteiger partial charge in [0.15, 0.2) is 0 Å². The van der Waals surface area contributed by atoms with Crippen molar-refractivity contribution in [2.75, 3.05) is 26.8 Å². The Morgan fingerprint density at radius 3 is 2.68 bits per heavy atom. The highest BCUT2D eigenvalue weighted by molar-refractivity contribution is 4.87. The predicted molar refractivity (Wildman–Crippen MR) is 78.1 cm³/mol. The minimum atomic E-state index is -0.135. The second-order valence-corrected chi connectivity index (χ2v) is 6.97. The zero-order valence-electron chi connectivity index (χ0n) is 12.8. The van der Waals surface area contributed by atoms with E-state index in [1.807, 2.05) is 0 Å². The van der Waals surface area contributed by atoms with Gasteiger partial charge in [0.25, 0.3) is 0 Å². The van der Waals surface area contributed by atoms with Gasteiger partial charge in [0, 0.05) is 19.2 Å². The summed E-state index contributed by atoms with van der Waals surface area (Å²) in [4.78, 5) is 2.40. The summed E-state index contributed by atoms with van der Waals surface area (Å²) in [6.07, 6.45) is 5.66. The first kappa shape index (κ1) is 15.3. The molecule has 0 spiro atoms. The number of aliphatic hydroxyl groups is 1. The van der Waals surface area contributed by atoms with Crippen molar-refractivity contribution in [1.82, 2.24) is 4.90 Å². The molecule has 0 aromatic heterocycles. The van der Waals surface area contributed by atoms with Crippen molar-refractivity contribution in [3.63, 3.8) is 0 Å². The number of likely N-dealkylation sites (N-methyl/N-ethyl adjacent to an activating group) is 1. The first-order chi connectivity index (χ1) is 9.08. The molecule has 1 heterocycles. The molecule has 2 aliphatic rings. The largest absolute Gasteiger partial charge is 0.391 e. The lowest BCUT2D eigenvalue weighted by Crippen LogP contribution is -2.48. The highest BCUT2D eigenvalue weighted by atomic mass is 16.5. The van der Waals surface area contributed by atoms with Crippen LogP contribution in [0.2, 0.25) is 0 Å². The van der Waals surface area contributed by atoms with Gasteiger partial charge in [0.2, 0.25) is 0 Å². The molecule has 1 aliphatic heterocycles. The molecule has 3 heteroatoms. The molecule has 112 valence electrons. The van der Waals surface area contributed by atoms with E-state index < -0.39 is 0 Å². The summed E-state index contributed by atoms with van der Waals surface area (Å²) in [5, 5.41) is 10.3. The molecule has 0 aromatic rings. The van der Waals surface area contributed by atoms with Crippen molar-refractivity contribution in [3.8, 4) is 0 Å². The van der Waals surface area contributed by atoms with Crippen LogP contribution >= 0.6 is 0 Å². The third kappa shape index (κ3) is 4.17. The topological polar surface area (TPSA) is 32.7 Å². The maximum atomic E-state index is 10.3. The summed E-state index contributed by atoms with van der Waals surface area (Å²) in [6.45, 7) is 7.54. The molecule has 2 fully saturated rings. The molecule has 1 saturated carbocycles. The molecule has 4 atom stereocenters. The minimum Gasteiger partial charge on any atom is -0.391 e. The van der Waals surface area contributed by atoms with E-state index in [1.165, 1.54) is 19.3 Å². The second-order valence-electron chi connectivity index (χ2n) is 6.97. The van der Waals surface area contributed by atoms with Gasteiger partial charge in [-0.2, -0.15) is 0 Å². The van der Waals surface area contributed by atoms with Crippen molar-refractivity contribution in [1.29, 1.82) is 0 Å². The molecule has 3 nitrogen and oxygen atoms in total. The van der Waals surface area contributed by atoms with E-state index in [9.17, 15) is 5.11 Å². The maximum absolute atomic E-state index is 10.3. The summed E-state index contributed by atoms with van der Waals surface area (Å²) in [6, 6.07) is 0.350. The van der Waals surface area contributed by atoms with Gasteiger partial charge in [-0.3, -0.25) is 0 Å². The SMILES string of the molecule is CC(C)C1CCC(O)C(N(C)CC2CCCOC2)C1. The van der Waals surface area contributed by atoms with Gasteiger partial charge < -0.3 is 14.7 Å². The number of nitrogens with zero attached hydrogens (tertiary/aromatic N) is 1. The van der Waals surface area contributed by atoms with E-state index in [4.69, 9.17) is 4.74 Å². The number of hydrogen-bond acceptors (Lipinski definition) is 3. The monoisotopic (exact) mass is 269 g/mol. The first-order valence-electron chi connectivity index (χ1n) is 8.04. The minimum absolute atomic E-state index is 0.135. The number of rotatable bonds is 4. The molecule has 0 radical (unpaired) electrons. The second kappa shape index (κ2) is 7.05. The first-order valence-corrected chi connectivity index (χ1v) is 8.04. The van der Waals surface area contributed by atoms with Gasteiger partial charge in [-0.05, 0) is 56.9 Å². The van der Waals surface area contributed by atoms with Gasteiger partial charge in [-0.15, -0.1) is 0 Å². The average molecular weight is 269 g/mol. The summed E-state index contributed by atoms with van der Waals surface area (Å²) in [5.74, 6) is 2.17. The fraction of sp³-hybridized carbons (Fsp3) is 1.00. The Morgan fingerprint density at radius 1 is 1.26 bits per heavy atom. The molecule has 0 aromatic carbocycles. The van der Waals surface area contributed by atoms with Crippen LogP contribution in [0.1, 0.15) is 46.0 Å². The van der Waals surface area contributed by atoms with Crippen LogP contribution < -0.4 is 0 Å². The van der Waals surface area contributed by atoms with Crippen LogP contribution in [0.5, 0.6) is 0 Å². The Labute approximate surface area is 118 Å². The molecule has 2 rings (SSSR count). The predicted octanol–water partition coefficient (Wildman–Crippen LogP) is 2.53. The van der Waals surface area contributed by atoms with Crippen molar-refractivity contribution in [2.24, 2.45) is 17.8 Å². The molecule has 1 saturated heterocycles. The molecule has 0 amide bonds. The molecular formula is C16H31NO2. The van der Waals surface area contributed by atoms with Crippen molar-refractivity contribution in [2.45, 2.75) is 58.1 Å². The average Bonchev–Trinajstić information content (AvgIpc) is 2.40. The van der Waals surface area contributed by atoms with Crippen molar-refractivity contribution < 1.29 is 9.84 Å². The molecule has 1 aliphatic carbocycles. The van der Waals surface area contributed by atoms with Gasteiger partial charge >= 0.3 is 0 Å². The Hall–Kier alpha value is -0.120. The Kier molecular flexibility index (Phi) is 5.67. The third-order valence-corrected chi connectivity index (χ3v) is 5.13. The summed E-state index contributed by atoms with van der Waals surface area (Å²) in [5.41, 5.74) is 0. The van der Waals surface area contributed by atoms with Crippen LogP contribution in [0.4, 0.5) is 0 Å². The lowest BCUT2D eigenvalue weighted by atomic mass is 9.77. The van der Waals surface area contributed by atoms with Crippen LogP contribution in [0.25, 0.3) is 0 Å². The summed E-state index contributed by atoms with van der Waals surface area (Å²) in [7, 11) is 2.19. The van der Waals surface area contributed by atoms with Crippen LogP contribution in [0, 0.1) is 17.8 Å². The molecule has 1 N–H and O–H groups in total. The molecular weight excluding hydrogens is 238 g/mol. The fourth-order valence-electron chi connectivity index (χ4n) is 3.74. The Balaban J connectivity index is 1.86. The Morgan fingerprint density at radius 2 is 2.05 bits per heavy atom. The standard InChI is InChI=1S/C16H31NO2/c1-12(2)14-6-7-16(18)15(9-14)17(3)10-13-5-4-8-19-11-13/h12-16,18H,4-11H2,1-3H3. The fourth-order valence-corrected chi connectivity index (χ4v) is 3.74. The van der Waals surface area contributed by atoms with Gasteiger partial charge in [0.1, 0.15) is 0 Å². The van der Waals surface area contributed by atoms with Crippen molar-refractivity contribution in [3.05, 3.63) is 0 Å². The number of hydrogen-bond donors (Lipinski definition) is 1. The summed E-state index contributed by atoms with van der Waals surface area (Å²) >= 11 is 0. The summed E-state index contributed by atoms with van der Waals surface area (Å²) < 4.78 is 5.57. The van der Waals surface area contributed by atoms with E-state index >= 15 is 0 Å². The van der Waals surface area contributed by atoms with Crippen molar-refractivity contribution >= 4 is 0 Å². The van der Waals surface area contributed by atoms with Crippen LogP contribution in [0.3, 0.4) is 0 Å². The van der Waals surface area contributed by atoms with Gasteiger partial charge in [-0.25, -0.2) is 0 Å². The number of ether oxygens (including phenoxy) is 1. The third-order valence-electron chi connectivity index (χ3n) is 5.13. The van der Waals surface area contributed by atoms with Crippen LogP contribution in [-0.2, 0) is 4.74 Å². The van der Waals surface area contributed by atoms with E-state index in [2.05, 4.69) is 25.8 Å². The smallest absolute Gasteiger partial charge is 0.0695 e. The molecule has 0 bridgehead atoms. The van der Waals surface area contributed by atoms with Crippen LogP contribution in [-0.4, -0.2) is 49.0 Å². The quantitative estimate of drug-likeness (QED) is 0.851. The Bertz CT molecular complexity index is 263. The highest BCUT2D eigenvalue weighted by Gasteiger charge is 2.33.